The van der Waals surface area contributed by atoms with Crippen LogP contribution in [0.2, 0.25) is 0 Å². The highest BCUT2D eigenvalue weighted by atomic mass is 16.5. The maximum atomic E-state index is 5.91. The van der Waals surface area contributed by atoms with E-state index in [4.69, 9.17) is 15.0 Å². The van der Waals surface area contributed by atoms with Crippen molar-refractivity contribution in [3.63, 3.8) is 0 Å². The van der Waals surface area contributed by atoms with E-state index < -0.39 is 0 Å². The molecule has 1 rings (SSSR count). The van der Waals surface area contributed by atoms with Gasteiger partial charge in [0.15, 0.2) is 5.82 Å². The molecule has 2 atom stereocenters. The van der Waals surface area contributed by atoms with Gasteiger partial charge in [0.2, 0.25) is 5.89 Å². The molecular formula is C12H23N3O2. The Morgan fingerprint density at radius 1 is 1.35 bits per heavy atom. The number of nitrogens with zero attached hydrogens (tertiary/aromatic N) is 2. The molecule has 1 heterocycles. The average molecular weight is 241 g/mol. The highest BCUT2D eigenvalue weighted by Crippen LogP contribution is 2.19. The second-order valence-corrected chi connectivity index (χ2v) is 4.36. The van der Waals surface area contributed by atoms with Crippen molar-refractivity contribution in [2.24, 2.45) is 5.73 Å². The lowest BCUT2D eigenvalue weighted by molar-refractivity contribution is 0.119. The summed E-state index contributed by atoms with van der Waals surface area (Å²) < 4.78 is 10.6. The van der Waals surface area contributed by atoms with Gasteiger partial charge in [-0.1, -0.05) is 32.3 Å². The number of ether oxygens (including phenoxy) is 1. The van der Waals surface area contributed by atoms with E-state index in [1.807, 2.05) is 0 Å². The highest BCUT2D eigenvalue weighted by Gasteiger charge is 2.17. The van der Waals surface area contributed by atoms with E-state index in [0.717, 1.165) is 19.3 Å². The molecule has 0 spiro atoms. The van der Waals surface area contributed by atoms with Crippen LogP contribution in [0.5, 0.6) is 0 Å². The van der Waals surface area contributed by atoms with Crippen molar-refractivity contribution in [2.45, 2.75) is 52.0 Å². The minimum Gasteiger partial charge on any atom is -0.379 e. The monoisotopic (exact) mass is 241 g/mol. The Kier molecular flexibility index (Phi) is 6.15. The van der Waals surface area contributed by atoms with Gasteiger partial charge in [-0.3, -0.25) is 0 Å². The Morgan fingerprint density at radius 2 is 2.12 bits per heavy atom. The van der Waals surface area contributed by atoms with E-state index in [2.05, 4.69) is 30.9 Å². The Hall–Kier alpha value is -0.940. The number of nitrogens with two attached hydrogens (primary N) is 1. The third-order valence-electron chi connectivity index (χ3n) is 2.58. The molecular weight excluding hydrogens is 218 g/mol. The van der Waals surface area contributed by atoms with Crippen molar-refractivity contribution in [2.75, 3.05) is 13.2 Å². The van der Waals surface area contributed by atoms with Crippen LogP contribution >= 0.6 is 0 Å². The third kappa shape index (κ3) is 4.44. The van der Waals surface area contributed by atoms with Gasteiger partial charge in [0.05, 0.1) is 12.6 Å². The lowest BCUT2D eigenvalue weighted by Crippen LogP contribution is -2.19. The van der Waals surface area contributed by atoms with Crippen LogP contribution in [0.4, 0.5) is 0 Å². The van der Waals surface area contributed by atoms with Gasteiger partial charge in [-0.25, -0.2) is 0 Å². The van der Waals surface area contributed by atoms with Crippen LogP contribution in [-0.4, -0.2) is 23.4 Å². The summed E-state index contributed by atoms with van der Waals surface area (Å²) >= 11 is 0. The fraction of sp³-hybridized carbons (Fsp3) is 0.833. The van der Waals surface area contributed by atoms with Crippen molar-refractivity contribution in [3.05, 3.63) is 11.7 Å². The molecule has 0 bridgehead atoms. The molecule has 0 radical (unpaired) electrons. The van der Waals surface area contributed by atoms with E-state index in [9.17, 15) is 0 Å². The standard InChI is InChI=1S/C12H23N3O2/c1-4-6-9(3)12-14-11(15-17-12)10(13)8-16-7-5-2/h9-10H,4-8,13H2,1-3H3. The zero-order chi connectivity index (χ0) is 12.7. The fourth-order valence-electron chi connectivity index (χ4n) is 1.58. The van der Waals surface area contributed by atoms with E-state index in [-0.39, 0.29) is 6.04 Å². The molecule has 17 heavy (non-hydrogen) atoms. The van der Waals surface area contributed by atoms with Crippen LogP contribution in [0.1, 0.15) is 63.7 Å². The van der Waals surface area contributed by atoms with E-state index in [0.29, 0.717) is 30.8 Å². The number of aromatic nitrogens is 2. The minimum atomic E-state index is -0.298. The lowest BCUT2D eigenvalue weighted by atomic mass is 10.1. The quantitative estimate of drug-likeness (QED) is 0.707. The van der Waals surface area contributed by atoms with Crippen molar-refractivity contribution < 1.29 is 9.26 Å². The molecule has 5 heteroatoms. The van der Waals surface area contributed by atoms with Crippen LogP contribution in [-0.2, 0) is 4.74 Å². The molecule has 2 unspecified atom stereocenters. The van der Waals surface area contributed by atoms with E-state index >= 15 is 0 Å². The molecule has 0 aliphatic carbocycles. The SMILES string of the molecule is CCCOCC(N)c1noc(C(C)CCC)n1. The van der Waals surface area contributed by atoms with Crippen molar-refractivity contribution in [3.8, 4) is 0 Å². The largest absolute Gasteiger partial charge is 0.379 e. The number of rotatable bonds is 8. The van der Waals surface area contributed by atoms with Crippen LogP contribution in [0.15, 0.2) is 4.52 Å². The topological polar surface area (TPSA) is 74.2 Å². The lowest BCUT2D eigenvalue weighted by Gasteiger charge is -2.07. The van der Waals surface area contributed by atoms with Gasteiger partial charge >= 0.3 is 0 Å². The zero-order valence-corrected chi connectivity index (χ0v) is 11.0. The van der Waals surface area contributed by atoms with Crippen LogP contribution in [0, 0.1) is 0 Å². The average Bonchev–Trinajstić information content (AvgIpc) is 2.79. The van der Waals surface area contributed by atoms with Crippen molar-refractivity contribution in [1.82, 2.24) is 10.1 Å². The molecule has 0 saturated heterocycles. The first kappa shape index (κ1) is 14.1. The van der Waals surface area contributed by atoms with Gasteiger partial charge < -0.3 is 15.0 Å². The predicted octanol–water partition coefficient (Wildman–Crippen LogP) is 2.40. The maximum absolute atomic E-state index is 5.91. The summed E-state index contributed by atoms with van der Waals surface area (Å²) in [4.78, 5) is 4.32. The van der Waals surface area contributed by atoms with Crippen molar-refractivity contribution >= 4 is 0 Å². The first-order chi connectivity index (χ1) is 8.19. The minimum absolute atomic E-state index is 0.296. The summed E-state index contributed by atoms with van der Waals surface area (Å²) in [6.07, 6.45) is 3.13. The van der Waals surface area contributed by atoms with Crippen LogP contribution < -0.4 is 5.73 Å². The van der Waals surface area contributed by atoms with E-state index in [1.165, 1.54) is 0 Å². The highest BCUT2D eigenvalue weighted by molar-refractivity contribution is 4.96. The summed E-state index contributed by atoms with van der Waals surface area (Å²) in [6.45, 7) is 7.43. The van der Waals surface area contributed by atoms with E-state index in [1.54, 1.807) is 0 Å². The molecule has 5 nitrogen and oxygen atoms in total. The first-order valence-electron chi connectivity index (χ1n) is 6.35. The Bertz CT molecular complexity index is 314. The smallest absolute Gasteiger partial charge is 0.229 e. The molecule has 0 amide bonds. The number of hydrogen-bond donors (Lipinski definition) is 1. The van der Waals surface area contributed by atoms with Gasteiger partial charge in [0, 0.05) is 12.5 Å². The molecule has 2 N–H and O–H groups in total. The predicted molar refractivity (Wildman–Crippen MR) is 65.7 cm³/mol. The molecule has 0 aromatic carbocycles. The second kappa shape index (κ2) is 7.40. The molecule has 1 aromatic heterocycles. The van der Waals surface area contributed by atoms with Gasteiger partial charge in [0.1, 0.15) is 0 Å². The van der Waals surface area contributed by atoms with Crippen LogP contribution in [0.25, 0.3) is 0 Å². The summed E-state index contributed by atoms with van der Waals surface area (Å²) in [5.41, 5.74) is 5.91. The number of hydrogen-bond acceptors (Lipinski definition) is 5. The van der Waals surface area contributed by atoms with Crippen molar-refractivity contribution in [1.29, 1.82) is 0 Å². The fourth-order valence-corrected chi connectivity index (χ4v) is 1.58. The van der Waals surface area contributed by atoms with Crippen LogP contribution in [0.3, 0.4) is 0 Å². The molecule has 0 saturated carbocycles. The second-order valence-electron chi connectivity index (χ2n) is 4.36. The first-order valence-corrected chi connectivity index (χ1v) is 6.35. The van der Waals surface area contributed by atoms with Gasteiger partial charge in [-0.15, -0.1) is 0 Å². The summed E-state index contributed by atoms with van der Waals surface area (Å²) in [6, 6.07) is -0.298. The Morgan fingerprint density at radius 3 is 2.76 bits per heavy atom. The molecule has 1 aromatic rings. The Balaban J connectivity index is 2.48. The summed E-state index contributed by atoms with van der Waals surface area (Å²) in [7, 11) is 0. The maximum Gasteiger partial charge on any atom is 0.229 e. The summed E-state index contributed by atoms with van der Waals surface area (Å²) in [5, 5.41) is 3.91. The van der Waals surface area contributed by atoms with Gasteiger partial charge in [-0.2, -0.15) is 4.98 Å². The third-order valence-corrected chi connectivity index (χ3v) is 2.58. The summed E-state index contributed by atoms with van der Waals surface area (Å²) in [5.74, 6) is 1.51. The Labute approximate surface area is 103 Å². The molecule has 98 valence electrons. The normalized spacial score (nSPS) is 14.8. The zero-order valence-electron chi connectivity index (χ0n) is 11.0. The molecule has 0 aliphatic heterocycles. The molecule has 0 fully saturated rings. The molecule has 0 aliphatic rings. The van der Waals surface area contributed by atoms with Gasteiger partial charge in [-0.05, 0) is 12.8 Å². The van der Waals surface area contributed by atoms with Gasteiger partial charge in [0.25, 0.3) is 0 Å².